The molecular weight excluding hydrogens is 278 g/mol. The summed E-state index contributed by atoms with van der Waals surface area (Å²) in [5.74, 6) is -0.481. The molecule has 0 fully saturated rings. The second kappa shape index (κ2) is 5.19. The largest absolute Gasteiger partial charge is 0.375 e. The Kier molecular flexibility index (Phi) is 3.89. The number of ketones is 1. The lowest BCUT2D eigenvalue weighted by atomic mass is 9.90. The zero-order chi connectivity index (χ0) is 15.1. The summed E-state index contributed by atoms with van der Waals surface area (Å²) in [7, 11) is 0. The number of aliphatic hydroxyl groups is 1. The van der Waals surface area contributed by atoms with Gasteiger partial charge in [0.1, 0.15) is 5.78 Å². The fraction of sp³-hybridized carbons (Fsp3) is 0.467. The third kappa shape index (κ3) is 2.34. The van der Waals surface area contributed by atoms with Crippen molar-refractivity contribution in [2.45, 2.75) is 32.8 Å². The van der Waals surface area contributed by atoms with Crippen molar-refractivity contribution in [1.29, 1.82) is 0 Å². The van der Waals surface area contributed by atoms with Crippen LogP contribution >= 0.6 is 11.6 Å². The Morgan fingerprint density at radius 1 is 1.45 bits per heavy atom. The molecule has 0 spiro atoms. The van der Waals surface area contributed by atoms with Crippen LogP contribution in [0.4, 0.5) is 5.69 Å². The van der Waals surface area contributed by atoms with E-state index < -0.39 is 11.5 Å². The van der Waals surface area contributed by atoms with Crippen LogP contribution in [0.5, 0.6) is 0 Å². The summed E-state index contributed by atoms with van der Waals surface area (Å²) in [6.45, 7) is 5.77. The minimum atomic E-state index is -1.79. The quantitative estimate of drug-likeness (QED) is 0.928. The van der Waals surface area contributed by atoms with Gasteiger partial charge in [0.15, 0.2) is 5.60 Å². The summed E-state index contributed by atoms with van der Waals surface area (Å²) < 4.78 is 0. The Hall–Kier alpha value is -1.39. The molecule has 1 aromatic carbocycles. The SMILES string of the molecule is CC(=O)CC1(O)C(=O)N(CC(C)C)c2c(Cl)cccc21. The number of para-hydroxylation sites is 1. The first-order chi connectivity index (χ1) is 9.27. The molecule has 1 aromatic rings. The summed E-state index contributed by atoms with van der Waals surface area (Å²) in [6, 6.07) is 5.02. The number of nitrogens with zero attached hydrogens (tertiary/aromatic N) is 1. The Morgan fingerprint density at radius 2 is 2.10 bits per heavy atom. The summed E-state index contributed by atoms with van der Waals surface area (Å²) in [5.41, 5.74) is -0.844. The summed E-state index contributed by atoms with van der Waals surface area (Å²) in [6.07, 6.45) is -0.228. The molecule has 108 valence electrons. The van der Waals surface area contributed by atoms with Gasteiger partial charge in [0.05, 0.1) is 10.7 Å². The number of hydrogen-bond donors (Lipinski definition) is 1. The third-order valence-corrected chi connectivity index (χ3v) is 3.66. The van der Waals surface area contributed by atoms with Crippen LogP contribution in [-0.2, 0) is 15.2 Å². The normalized spacial score (nSPS) is 21.5. The van der Waals surface area contributed by atoms with Crippen molar-refractivity contribution in [3.8, 4) is 0 Å². The van der Waals surface area contributed by atoms with E-state index in [-0.39, 0.29) is 18.1 Å². The predicted octanol–water partition coefficient (Wildman–Crippen LogP) is 2.51. The molecule has 1 N–H and O–H groups in total. The van der Waals surface area contributed by atoms with Crippen LogP contribution in [0.25, 0.3) is 0 Å². The van der Waals surface area contributed by atoms with Gasteiger partial charge in [-0.05, 0) is 18.9 Å². The first-order valence-electron chi connectivity index (χ1n) is 6.60. The van der Waals surface area contributed by atoms with Gasteiger partial charge in [0, 0.05) is 18.5 Å². The maximum absolute atomic E-state index is 12.6. The Morgan fingerprint density at radius 3 is 2.65 bits per heavy atom. The molecule has 0 radical (unpaired) electrons. The lowest BCUT2D eigenvalue weighted by Crippen LogP contribution is -2.42. The van der Waals surface area contributed by atoms with Crippen molar-refractivity contribution in [3.63, 3.8) is 0 Å². The molecule has 0 aromatic heterocycles. The maximum atomic E-state index is 12.6. The van der Waals surface area contributed by atoms with Crippen LogP contribution in [0.1, 0.15) is 32.8 Å². The van der Waals surface area contributed by atoms with E-state index in [9.17, 15) is 14.7 Å². The number of carbonyl (C=O) groups excluding carboxylic acids is 2. The first-order valence-corrected chi connectivity index (χ1v) is 6.98. The van der Waals surface area contributed by atoms with Crippen molar-refractivity contribution < 1.29 is 14.7 Å². The van der Waals surface area contributed by atoms with Crippen molar-refractivity contribution in [3.05, 3.63) is 28.8 Å². The topological polar surface area (TPSA) is 57.6 Å². The molecule has 5 heteroatoms. The van der Waals surface area contributed by atoms with E-state index in [1.165, 1.54) is 11.8 Å². The van der Waals surface area contributed by atoms with Crippen LogP contribution in [0.2, 0.25) is 5.02 Å². The Bertz CT molecular complexity index is 570. The summed E-state index contributed by atoms with van der Waals surface area (Å²) >= 11 is 6.19. The van der Waals surface area contributed by atoms with E-state index in [0.717, 1.165) is 0 Å². The molecule has 0 aliphatic carbocycles. The molecule has 20 heavy (non-hydrogen) atoms. The van der Waals surface area contributed by atoms with Gasteiger partial charge in [-0.3, -0.25) is 9.59 Å². The molecule has 2 rings (SSSR count). The van der Waals surface area contributed by atoms with Gasteiger partial charge in [-0.2, -0.15) is 0 Å². The highest BCUT2D eigenvalue weighted by Crippen LogP contribution is 2.46. The molecule has 1 aliphatic rings. The highest BCUT2D eigenvalue weighted by molar-refractivity contribution is 6.35. The van der Waals surface area contributed by atoms with Gasteiger partial charge in [-0.25, -0.2) is 0 Å². The van der Waals surface area contributed by atoms with Gasteiger partial charge >= 0.3 is 0 Å². The standard InChI is InChI=1S/C15H18ClNO3/c1-9(2)8-17-13-11(5-4-6-12(13)16)15(20,14(17)19)7-10(3)18/h4-6,9,20H,7-8H2,1-3H3. The number of fused-ring (bicyclic) bond motifs is 1. The van der Waals surface area contributed by atoms with Crippen LogP contribution in [0.3, 0.4) is 0 Å². The van der Waals surface area contributed by atoms with E-state index in [0.29, 0.717) is 22.8 Å². The van der Waals surface area contributed by atoms with Crippen LogP contribution in [-0.4, -0.2) is 23.3 Å². The number of amides is 1. The second-order valence-corrected chi connectivity index (χ2v) is 6.09. The van der Waals surface area contributed by atoms with Crippen molar-refractivity contribution in [1.82, 2.24) is 0 Å². The summed E-state index contributed by atoms with van der Waals surface area (Å²) in [4.78, 5) is 25.5. The van der Waals surface area contributed by atoms with Gasteiger partial charge in [0.2, 0.25) is 0 Å². The van der Waals surface area contributed by atoms with Gasteiger partial charge < -0.3 is 10.0 Å². The van der Waals surface area contributed by atoms with Crippen LogP contribution in [0, 0.1) is 5.92 Å². The van der Waals surface area contributed by atoms with E-state index >= 15 is 0 Å². The monoisotopic (exact) mass is 295 g/mol. The van der Waals surface area contributed by atoms with E-state index in [1.54, 1.807) is 18.2 Å². The molecular formula is C15H18ClNO3. The molecule has 1 amide bonds. The number of halogens is 1. The number of hydrogen-bond acceptors (Lipinski definition) is 3. The lowest BCUT2D eigenvalue weighted by molar-refractivity contribution is -0.141. The molecule has 1 atom stereocenters. The number of anilines is 1. The maximum Gasteiger partial charge on any atom is 0.264 e. The van der Waals surface area contributed by atoms with Crippen molar-refractivity contribution >= 4 is 29.0 Å². The number of benzene rings is 1. The lowest BCUT2D eigenvalue weighted by Gasteiger charge is -2.23. The Balaban J connectivity index is 2.58. The molecule has 0 saturated heterocycles. The van der Waals surface area contributed by atoms with E-state index in [1.807, 2.05) is 13.8 Å². The second-order valence-electron chi connectivity index (χ2n) is 5.68. The van der Waals surface area contributed by atoms with Crippen molar-refractivity contribution in [2.75, 3.05) is 11.4 Å². The van der Waals surface area contributed by atoms with E-state index in [2.05, 4.69) is 0 Å². The predicted molar refractivity (Wildman–Crippen MR) is 77.8 cm³/mol. The zero-order valence-corrected chi connectivity index (χ0v) is 12.6. The average molecular weight is 296 g/mol. The number of carbonyl (C=O) groups is 2. The van der Waals surface area contributed by atoms with Gasteiger partial charge in [-0.15, -0.1) is 0 Å². The third-order valence-electron chi connectivity index (χ3n) is 3.35. The van der Waals surface area contributed by atoms with Crippen LogP contribution in [0.15, 0.2) is 18.2 Å². The fourth-order valence-corrected chi connectivity index (χ4v) is 2.91. The van der Waals surface area contributed by atoms with Gasteiger partial charge in [-0.1, -0.05) is 37.6 Å². The minimum Gasteiger partial charge on any atom is -0.375 e. The zero-order valence-electron chi connectivity index (χ0n) is 11.8. The molecule has 1 unspecified atom stereocenters. The smallest absolute Gasteiger partial charge is 0.264 e. The molecule has 1 aliphatic heterocycles. The molecule has 0 bridgehead atoms. The number of rotatable bonds is 4. The highest BCUT2D eigenvalue weighted by Gasteiger charge is 2.51. The van der Waals surface area contributed by atoms with E-state index in [4.69, 9.17) is 11.6 Å². The summed E-state index contributed by atoms with van der Waals surface area (Å²) in [5, 5.41) is 11.1. The molecule has 4 nitrogen and oxygen atoms in total. The number of Topliss-reactive ketones (excluding diaryl/α,β-unsaturated/α-hetero) is 1. The average Bonchev–Trinajstić information content (AvgIpc) is 2.52. The minimum absolute atomic E-state index is 0.225. The Labute approximate surface area is 123 Å². The molecule has 1 heterocycles. The van der Waals surface area contributed by atoms with Crippen molar-refractivity contribution in [2.24, 2.45) is 5.92 Å². The van der Waals surface area contributed by atoms with Crippen LogP contribution < -0.4 is 4.90 Å². The fourth-order valence-electron chi connectivity index (χ4n) is 2.63. The molecule has 0 saturated carbocycles. The first kappa shape index (κ1) is 15.0. The van der Waals surface area contributed by atoms with Gasteiger partial charge in [0.25, 0.3) is 5.91 Å². The highest BCUT2D eigenvalue weighted by atomic mass is 35.5.